The van der Waals surface area contributed by atoms with Gasteiger partial charge in [0, 0.05) is 11.5 Å². The van der Waals surface area contributed by atoms with E-state index in [0.717, 1.165) is 38.5 Å². The topological polar surface area (TPSA) is 66.4 Å². The van der Waals surface area contributed by atoms with Crippen molar-refractivity contribution in [2.75, 3.05) is 0 Å². The molecule has 0 spiro atoms. The van der Waals surface area contributed by atoms with Crippen LogP contribution >= 0.6 is 0 Å². The fourth-order valence-corrected chi connectivity index (χ4v) is 3.50. The highest BCUT2D eigenvalue weighted by Crippen LogP contribution is 2.45. The van der Waals surface area contributed by atoms with Crippen molar-refractivity contribution >= 4 is 11.9 Å². The Kier molecular flexibility index (Phi) is 4.48. The standard InChI is InChI=1S/C15H25NO3/c1-2-8-15(9-3-10-15)14(19)16-12-6-4-11(5-7-12)13(17)18/h11-12H,2-10H2,1H3,(H,16,19)(H,17,18). The maximum atomic E-state index is 12.4. The third kappa shape index (κ3) is 3.10. The zero-order valence-corrected chi connectivity index (χ0v) is 11.8. The van der Waals surface area contributed by atoms with Gasteiger partial charge in [0.2, 0.25) is 5.91 Å². The zero-order chi connectivity index (χ0) is 13.9. The van der Waals surface area contributed by atoms with Gasteiger partial charge in [0.15, 0.2) is 0 Å². The molecule has 0 saturated heterocycles. The van der Waals surface area contributed by atoms with E-state index in [-0.39, 0.29) is 23.3 Å². The van der Waals surface area contributed by atoms with Gasteiger partial charge in [0.1, 0.15) is 0 Å². The second-order valence-electron chi connectivity index (χ2n) is 6.24. The molecule has 0 bridgehead atoms. The molecule has 19 heavy (non-hydrogen) atoms. The lowest BCUT2D eigenvalue weighted by molar-refractivity contribution is -0.143. The maximum absolute atomic E-state index is 12.4. The second-order valence-corrected chi connectivity index (χ2v) is 6.24. The van der Waals surface area contributed by atoms with Gasteiger partial charge in [-0.3, -0.25) is 9.59 Å². The molecule has 2 aliphatic rings. The monoisotopic (exact) mass is 267 g/mol. The number of hydrogen-bond acceptors (Lipinski definition) is 2. The normalized spacial score (nSPS) is 29.3. The van der Waals surface area contributed by atoms with Gasteiger partial charge in [-0.15, -0.1) is 0 Å². The SMILES string of the molecule is CCCC1(C(=O)NC2CCC(C(=O)O)CC2)CCC1. The summed E-state index contributed by atoms with van der Waals surface area (Å²) in [6.45, 7) is 2.13. The van der Waals surface area contributed by atoms with Crippen molar-refractivity contribution in [2.45, 2.75) is 70.8 Å². The van der Waals surface area contributed by atoms with Crippen LogP contribution in [0.25, 0.3) is 0 Å². The van der Waals surface area contributed by atoms with Gasteiger partial charge in [0.05, 0.1) is 5.92 Å². The molecule has 0 aromatic heterocycles. The number of rotatable bonds is 5. The molecule has 2 fully saturated rings. The summed E-state index contributed by atoms with van der Waals surface area (Å²) in [6, 6.07) is 0.192. The van der Waals surface area contributed by atoms with Crippen molar-refractivity contribution in [3.8, 4) is 0 Å². The van der Waals surface area contributed by atoms with Gasteiger partial charge in [-0.1, -0.05) is 19.8 Å². The first-order chi connectivity index (χ1) is 9.07. The van der Waals surface area contributed by atoms with Gasteiger partial charge in [-0.25, -0.2) is 0 Å². The lowest BCUT2D eigenvalue weighted by Crippen LogP contribution is -2.50. The first-order valence-electron chi connectivity index (χ1n) is 7.61. The number of amides is 1. The molecular formula is C15H25NO3. The van der Waals surface area contributed by atoms with Crippen LogP contribution in [0.15, 0.2) is 0 Å². The van der Waals surface area contributed by atoms with Crippen molar-refractivity contribution in [3.05, 3.63) is 0 Å². The van der Waals surface area contributed by atoms with E-state index in [2.05, 4.69) is 12.2 Å². The molecule has 2 aliphatic carbocycles. The van der Waals surface area contributed by atoms with Crippen molar-refractivity contribution in [1.82, 2.24) is 5.32 Å². The minimum Gasteiger partial charge on any atom is -0.481 e. The molecule has 2 rings (SSSR count). The number of carbonyl (C=O) groups excluding carboxylic acids is 1. The van der Waals surface area contributed by atoms with Gasteiger partial charge in [-0.05, 0) is 44.9 Å². The number of nitrogens with one attached hydrogen (secondary N) is 1. The Morgan fingerprint density at radius 3 is 2.26 bits per heavy atom. The Morgan fingerprint density at radius 2 is 1.84 bits per heavy atom. The van der Waals surface area contributed by atoms with E-state index in [1.165, 1.54) is 6.42 Å². The van der Waals surface area contributed by atoms with Crippen molar-refractivity contribution < 1.29 is 14.7 Å². The third-order valence-corrected chi connectivity index (χ3v) is 4.93. The number of carboxylic acids is 1. The highest BCUT2D eigenvalue weighted by molar-refractivity contribution is 5.83. The molecule has 0 aliphatic heterocycles. The average molecular weight is 267 g/mol. The predicted molar refractivity (Wildman–Crippen MR) is 72.7 cm³/mol. The van der Waals surface area contributed by atoms with Crippen molar-refractivity contribution in [2.24, 2.45) is 11.3 Å². The highest BCUT2D eigenvalue weighted by atomic mass is 16.4. The lowest BCUT2D eigenvalue weighted by atomic mass is 9.65. The van der Waals surface area contributed by atoms with Crippen molar-refractivity contribution in [1.29, 1.82) is 0 Å². The summed E-state index contributed by atoms with van der Waals surface area (Å²) in [5.74, 6) is -0.674. The molecule has 2 saturated carbocycles. The quantitative estimate of drug-likeness (QED) is 0.805. The number of carbonyl (C=O) groups is 2. The van der Waals surface area contributed by atoms with Crippen molar-refractivity contribution in [3.63, 3.8) is 0 Å². The second kappa shape index (κ2) is 5.93. The molecule has 2 N–H and O–H groups in total. The minimum atomic E-state index is -0.689. The summed E-state index contributed by atoms with van der Waals surface area (Å²) in [7, 11) is 0. The van der Waals surface area contributed by atoms with Crippen LogP contribution in [-0.4, -0.2) is 23.0 Å². The first-order valence-corrected chi connectivity index (χ1v) is 7.61. The lowest BCUT2D eigenvalue weighted by Gasteiger charge is -2.41. The Labute approximate surface area is 115 Å². The number of aliphatic carboxylic acids is 1. The summed E-state index contributed by atoms with van der Waals surface area (Å²) in [5.41, 5.74) is -0.0988. The van der Waals surface area contributed by atoms with Crippen LogP contribution in [0.2, 0.25) is 0 Å². The number of hydrogen-bond donors (Lipinski definition) is 2. The fourth-order valence-electron chi connectivity index (χ4n) is 3.50. The number of carboxylic acid groups (broad SMARTS) is 1. The molecule has 108 valence electrons. The Morgan fingerprint density at radius 1 is 1.21 bits per heavy atom. The van der Waals surface area contributed by atoms with Crippen LogP contribution in [-0.2, 0) is 9.59 Å². The van der Waals surface area contributed by atoms with E-state index < -0.39 is 5.97 Å². The van der Waals surface area contributed by atoms with Gasteiger partial charge < -0.3 is 10.4 Å². The summed E-state index contributed by atoms with van der Waals surface area (Å²) in [5, 5.41) is 12.1. The van der Waals surface area contributed by atoms with E-state index in [9.17, 15) is 9.59 Å². The molecule has 0 atom stereocenters. The van der Waals surface area contributed by atoms with E-state index >= 15 is 0 Å². The van der Waals surface area contributed by atoms with Gasteiger partial charge in [-0.2, -0.15) is 0 Å². The molecule has 0 unspecified atom stereocenters. The summed E-state index contributed by atoms with van der Waals surface area (Å²) in [4.78, 5) is 23.3. The molecule has 0 aromatic carbocycles. The van der Waals surface area contributed by atoms with Gasteiger partial charge >= 0.3 is 5.97 Å². The minimum absolute atomic E-state index is 0.0988. The van der Waals surface area contributed by atoms with E-state index in [1.54, 1.807) is 0 Å². The predicted octanol–water partition coefficient (Wildman–Crippen LogP) is 2.72. The Hall–Kier alpha value is -1.06. The molecule has 4 nitrogen and oxygen atoms in total. The van der Waals surface area contributed by atoms with E-state index in [1.807, 2.05) is 0 Å². The first kappa shape index (κ1) is 14.4. The summed E-state index contributed by atoms with van der Waals surface area (Å²) >= 11 is 0. The van der Waals surface area contributed by atoms with Crippen LogP contribution in [0.5, 0.6) is 0 Å². The molecule has 4 heteroatoms. The van der Waals surface area contributed by atoms with Crippen LogP contribution in [0, 0.1) is 11.3 Å². The molecule has 1 amide bonds. The van der Waals surface area contributed by atoms with Gasteiger partial charge in [0.25, 0.3) is 0 Å². The fraction of sp³-hybridized carbons (Fsp3) is 0.867. The largest absolute Gasteiger partial charge is 0.481 e. The van der Waals surface area contributed by atoms with E-state index in [0.29, 0.717) is 12.8 Å². The van der Waals surface area contributed by atoms with Crippen LogP contribution in [0.1, 0.15) is 64.7 Å². The van der Waals surface area contributed by atoms with E-state index in [4.69, 9.17) is 5.11 Å². The zero-order valence-electron chi connectivity index (χ0n) is 11.8. The molecule has 0 heterocycles. The maximum Gasteiger partial charge on any atom is 0.306 e. The smallest absolute Gasteiger partial charge is 0.306 e. The molecule has 0 radical (unpaired) electrons. The van der Waals surface area contributed by atoms with Crippen LogP contribution in [0.4, 0.5) is 0 Å². The van der Waals surface area contributed by atoms with Crippen LogP contribution < -0.4 is 5.32 Å². The Balaban J connectivity index is 1.82. The summed E-state index contributed by atoms with van der Waals surface area (Å²) in [6.07, 6.45) is 8.27. The molecule has 0 aromatic rings. The summed E-state index contributed by atoms with van der Waals surface area (Å²) < 4.78 is 0. The Bertz CT molecular complexity index is 341. The van der Waals surface area contributed by atoms with Crippen LogP contribution in [0.3, 0.4) is 0 Å². The molecular weight excluding hydrogens is 242 g/mol. The third-order valence-electron chi connectivity index (χ3n) is 4.93. The average Bonchev–Trinajstić information content (AvgIpc) is 2.34. The highest BCUT2D eigenvalue weighted by Gasteiger charge is 2.43.